The number of methoxy groups -OCH3 is 3. The first-order valence-corrected chi connectivity index (χ1v) is 7.39. The Morgan fingerprint density at radius 1 is 1.04 bits per heavy atom. The van der Waals surface area contributed by atoms with Gasteiger partial charge in [0.2, 0.25) is 5.75 Å². The van der Waals surface area contributed by atoms with Crippen molar-refractivity contribution in [3.05, 3.63) is 46.5 Å². The molecular formula is C17H20ClNO4. The summed E-state index contributed by atoms with van der Waals surface area (Å²) in [6.07, 6.45) is -0.419. The molecule has 0 fully saturated rings. The lowest BCUT2D eigenvalue weighted by Gasteiger charge is -2.17. The van der Waals surface area contributed by atoms with Crippen LogP contribution in [0.3, 0.4) is 0 Å². The molecule has 0 aliphatic carbocycles. The maximum absolute atomic E-state index is 10.5. The molecule has 0 bridgehead atoms. The van der Waals surface area contributed by atoms with Crippen LogP contribution in [0.2, 0.25) is 5.02 Å². The van der Waals surface area contributed by atoms with Gasteiger partial charge in [-0.3, -0.25) is 0 Å². The number of rotatable bonds is 6. The minimum absolute atomic E-state index is 0.350. The number of halogens is 1. The summed E-state index contributed by atoms with van der Waals surface area (Å²) in [6.45, 7) is 0. The smallest absolute Gasteiger partial charge is 0.203 e. The van der Waals surface area contributed by atoms with E-state index in [2.05, 4.69) is 0 Å². The van der Waals surface area contributed by atoms with Gasteiger partial charge in [0.25, 0.3) is 0 Å². The number of hydrogen-bond acceptors (Lipinski definition) is 5. The Bertz CT molecular complexity index is 665. The molecule has 0 aliphatic rings. The van der Waals surface area contributed by atoms with Crippen molar-refractivity contribution in [2.24, 2.45) is 0 Å². The molecule has 5 nitrogen and oxygen atoms in total. The summed E-state index contributed by atoms with van der Waals surface area (Å²) < 4.78 is 15.9. The number of nitrogens with two attached hydrogens (primary N) is 1. The molecule has 0 spiro atoms. The van der Waals surface area contributed by atoms with Gasteiger partial charge in [0.05, 0.1) is 27.4 Å². The van der Waals surface area contributed by atoms with Crippen LogP contribution < -0.4 is 19.9 Å². The molecule has 23 heavy (non-hydrogen) atoms. The molecule has 0 amide bonds. The summed E-state index contributed by atoms with van der Waals surface area (Å²) in [4.78, 5) is 0. The third kappa shape index (κ3) is 3.81. The number of nitrogen functional groups attached to an aromatic ring is 1. The number of aliphatic hydroxyl groups excluding tert-OH is 1. The van der Waals surface area contributed by atoms with E-state index in [4.69, 9.17) is 31.5 Å². The lowest BCUT2D eigenvalue weighted by Crippen LogP contribution is -2.06. The Kier molecular flexibility index (Phi) is 5.58. The fourth-order valence-electron chi connectivity index (χ4n) is 2.44. The van der Waals surface area contributed by atoms with Gasteiger partial charge in [-0.2, -0.15) is 0 Å². The predicted molar refractivity (Wildman–Crippen MR) is 90.6 cm³/mol. The standard InChI is InChI=1S/C17H20ClNO4/c1-21-15-7-10(8-16(22-2)17(15)23-3)6-14(20)12-5-4-11(18)9-13(12)19/h4-5,7-9,14,20H,6,19H2,1-3H3. The molecule has 1 unspecified atom stereocenters. The average molecular weight is 338 g/mol. The fraction of sp³-hybridized carbons (Fsp3) is 0.294. The van der Waals surface area contributed by atoms with E-state index in [9.17, 15) is 5.11 Å². The van der Waals surface area contributed by atoms with E-state index < -0.39 is 6.10 Å². The van der Waals surface area contributed by atoms with Crippen molar-refractivity contribution >= 4 is 17.3 Å². The van der Waals surface area contributed by atoms with E-state index in [1.807, 2.05) is 0 Å². The van der Waals surface area contributed by atoms with Crippen LogP contribution in [0, 0.1) is 0 Å². The van der Waals surface area contributed by atoms with Gasteiger partial charge in [-0.25, -0.2) is 0 Å². The third-order valence-electron chi connectivity index (χ3n) is 3.56. The Labute approximate surface area is 140 Å². The molecule has 2 rings (SSSR count). The number of benzene rings is 2. The summed E-state index contributed by atoms with van der Waals surface area (Å²) in [5, 5.41) is 11.0. The van der Waals surface area contributed by atoms with Crippen LogP contribution in [0.1, 0.15) is 17.2 Å². The lowest BCUT2D eigenvalue weighted by atomic mass is 9.99. The first kappa shape index (κ1) is 17.2. The van der Waals surface area contributed by atoms with Gasteiger partial charge in [-0.1, -0.05) is 17.7 Å². The van der Waals surface area contributed by atoms with Gasteiger partial charge in [0.15, 0.2) is 11.5 Å². The molecule has 0 aliphatic heterocycles. The minimum Gasteiger partial charge on any atom is -0.493 e. The SMILES string of the molecule is COc1cc(CC(O)c2ccc(Cl)cc2N)cc(OC)c1OC. The first-order chi connectivity index (χ1) is 11.0. The fourth-order valence-corrected chi connectivity index (χ4v) is 2.62. The highest BCUT2D eigenvalue weighted by Crippen LogP contribution is 2.39. The summed E-state index contributed by atoms with van der Waals surface area (Å²) in [5.74, 6) is 1.59. The van der Waals surface area contributed by atoms with Gasteiger partial charge in [-0.05, 0) is 29.8 Å². The van der Waals surface area contributed by atoms with E-state index >= 15 is 0 Å². The van der Waals surface area contributed by atoms with Crippen LogP contribution in [-0.4, -0.2) is 26.4 Å². The Morgan fingerprint density at radius 3 is 2.13 bits per heavy atom. The molecule has 124 valence electrons. The maximum atomic E-state index is 10.5. The topological polar surface area (TPSA) is 73.9 Å². The van der Waals surface area contributed by atoms with Crippen LogP contribution in [-0.2, 0) is 6.42 Å². The van der Waals surface area contributed by atoms with Crippen LogP contribution in [0.15, 0.2) is 30.3 Å². The van der Waals surface area contributed by atoms with Gasteiger partial charge in [0.1, 0.15) is 0 Å². The van der Waals surface area contributed by atoms with Crippen LogP contribution in [0.4, 0.5) is 5.69 Å². The van der Waals surface area contributed by atoms with Crippen molar-refractivity contribution in [2.45, 2.75) is 12.5 Å². The number of ether oxygens (including phenoxy) is 3. The van der Waals surface area contributed by atoms with Crippen LogP contribution in [0.5, 0.6) is 17.2 Å². The van der Waals surface area contributed by atoms with Crippen LogP contribution in [0.25, 0.3) is 0 Å². The van der Waals surface area contributed by atoms with Gasteiger partial charge in [0, 0.05) is 22.7 Å². The highest BCUT2D eigenvalue weighted by Gasteiger charge is 2.17. The zero-order chi connectivity index (χ0) is 17.0. The summed E-state index contributed by atoms with van der Waals surface area (Å²) >= 11 is 5.89. The molecule has 2 aromatic rings. The van der Waals surface area contributed by atoms with E-state index in [-0.39, 0.29) is 0 Å². The molecule has 0 saturated carbocycles. The Hall–Kier alpha value is -2.11. The van der Waals surface area contributed by atoms with Gasteiger partial charge in [-0.15, -0.1) is 0 Å². The Balaban J connectivity index is 2.32. The Morgan fingerprint density at radius 2 is 1.65 bits per heavy atom. The highest BCUT2D eigenvalue weighted by atomic mass is 35.5. The van der Waals surface area contributed by atoms with Crippen molar-refractivity contribution in [1.29, 1.82) is 0 Å². The van der Waals surface area contributed by atoms with Crippen LogP contribution >= 0.6 is 11.6 Å². The molecule has 0 radical (unpaired) electrons. The molecule has 3 N–H and O–H groups in total. The molecule has 6 heteroatoms. The highest BCUT2D eigenvalue weighted by molar-refractivity contribution is 6.30. The summed E-state index contributed by atoms with van der Waals surface area (Å²) in [5.41, 5.74) is 7.84. The second-order valence-electron chi connectivity index (χ2n) is 5.03. The number of anilines is 1. The average Bonchev–Trinajstić information content (AvgIpc) is 2.53. The molecule has 1 atom stereocenters. The van der Waals surface area contributed by atoms with E-state index in [0.717, 1.165) is 5.56 Å². The summed E-state index contributed by atoms with van der Waals surface area (Å²) in [7, 11) is 4.65. The zero-order valence-corrected chi connectivity index (χ0v) is 14.1. The van der Waals surface area contributed by atoms with Crippen molar-refractivity contribution in [3.8, 4) is 17.2 Å². The molecule has 2 aromatic carbocycles. The van der Waals surface area contributed by atoms with E-state index in [1.54, 1.807) is 51.7 Å². The molecule has 0 saturated heterocycles. The second kappa shape index (κ2) is 7.44. The zero-order valence-electron chi connectivity index (χ0n) is 13.3. The second-order valence-corrected chi connectivity index (χ2v) is 5.46. The van der Waals surface area contributed by atoms with Crippen molar-refractivity contribution in [1.82, 2.24) is 0 Å². The van der Waals surface area contributed by atoms with E-state index in [1.165, 1.54) is 0 Å². The molecule has 0 aromatic heterocycles. The number of hydrogen-bond donors (Lipinski definition) is 2. The lowest BCUT2D eigenvalue weighted by molar-refractivity contribution is 0.179. The number of aliphatic hydroxyl groups is 1. The summed E-state index contributed by atoms with van der Waals surface area (Å²) in [6, 6.07) is 8.65. The molecule has 0 heterocycles. The normalized spacial score (nSPS) is 11.9. The minimum atomic E-state index is -0.768. The van der Waals surface area contributed by atoms with Gasteiger partial charge < -0.3 is 25.1 Å². The van der Waals surface area contributed by atoms with E-state index in [0.29, 0.717) is 39.9 Å². The molecular weight excluding hydrogens is 318 g/mol. The quantitative estimate of drug-likeness (QED) is 0.792. The van der Waals surface area contributed by atoms with Crippen molar-refractivity contribution in [3.63, 3.8) is 0 Å². The van der Waals surface area contributed by atoms with Gasteiger partial charge >= 0.3 is 0 Å². The van der Waals surface area contributed by atoms with Crippen molar-refractivity contribution in [2.75, 3.05) is 27.1 Å². The predicted octanol–water partition coefficient (Wildman–Crippen LogP) is 3.22. The van der Waals surface area contributed by atoms with Crippen molar-refractivity contribution < 1.29 is 19.3 Å². The monoisotopic (exact) mass is 337 g/mol. The maximum Gasteiger partial charge on any atom is 0.203 e. The first-order valence-electron chi connectivity index (χ1n) is 7.02. The largest absolute Gasteiger partial charge is 0.493 e. The third-order valence-corrected chi connectivity index (χ3v) is 3.80.